The Kier molecular flexibility index (Phi) is 4.08. The second-order valence-electron chi connectivity index (χ2n) is 7.08. The molecule has 1 saturated carbocycles. The fourth-order valence-electron chi connectivity index (χ4n) is 3.33. The second-order valence-corrected chi connectivity index (χ2v) is 7.08. The molecule has 2 aromatic carbocycles. The van der Waals surface area contributed by atoms with Gasteiger partial charge in [0.2, 0.25) is 5.91 Å². The fraction of sp³-hybridized carbons (Fsp3) is 0.318. The number of aryl methyl sites for hydroxylation is 2. The van der Waals surface area contributed by atoms with Crippen molar-refractivity contribution in [3.05, 3.63) is 58.0 Å². The summed E-state index contributed by atoms with van der Waals surface area (Å²) in [5.74, 6) is 0.391. The van der Waals surface area contributed by atoms with E-state index >= 15 is 0 Å². The van der Waals surface area contributed by atoms with Crippen LogP contribution in [0.5, 0.6) is 0 Å². The summed E-state index contributed by atoms with van der Waals surface area (Å²) in [4.78, 5) is 11.9. The van der Waals surface area contributed by atoms with E-state index in [-0.39, 0.29) is 18.0 Å². The molecule has 0 aromatic heterocycles. The zero-order valence-corrected chi connectivity index (χ0v) is 14.8. The molecule has 0 saturated heterocycles. The molecule has 4 rings (SSSR count). The van der Waals surface area contributed by atoms with Gasteiger partial charge in [-0.2, -0.15) is 0 Å². The lowest BCUT2D eigenvalue weighted by Gasteiger charge is -2.19. The molecule has 3 heteroatoms. The summed E-state index contributed by atoms with van der Waals surface area (Å²) in [7, 11) is 0. The molecule has 0 bridgehead atoms. The zero-order chi connectivity index (χ0) is 17.4. The monoisotopic (exact) mass is 332 g/mol. The Bertz CT molecular complexity index is 941. The molecule has 0 spiro atoms. The molecule has 1 amide bonds. The van der Waals surface area contributed by atoms with E-state index in [1.165, 1.54) is 22.3 Å². The lowest BCUT2D eigenvalue weighted by Crippen LogP contribution is -2.48. The van der Waals surface area contributed by atoms with Gasteiger partial charge in [-0.25, -0.2) is 0 Å². The molecule has 128 valence electrons. The van der Waals surface area contributed by atoms with Gasteiger partial charge in [0, 0.05) is 12.1 Å². The van der Waals surface area contributed by atoms with Crippen LogP contribution in [0.15, 0.2) is 36.4 Å². The number of hydrogen-bond donors (Lipinski definition) is 2. The summed E-state index contributed by atoms with van der Waals surface area (Å²) in [6.07, 6.45) is 7.08. The van der Waals surface area contributed by atoms with Gasteiger partial charge in [0.25, 0.3) is 0 Å². The normalized spacial score (nSPS) is 18.4. The Morgan fingerprint density at radius 3 is 2.76 bits per heavy atom. The molecule has 2 N–H and O–H groups in total. The lowest BCUT2D eigenvalue weighted by molar-refractivity contribution is -0.122. The van der Waals surface area contributed by atoms with Crippen molar-refractivity contribution in [2.75, 3.05) is 0 Å². The van der Waals surface area contributed by atoms with Crippen molar-refractivity contribution >= 4 is 18.2 Å². The minimum atomic E-state index is -0.114. The van der Waals surface area contributed by atoms with Crippen LogP contribution in [0.2, 0.25) is 0 Å². The minimum Gasteiger partial charge on any atom is -0.368 e. The van der Waals surface area contributed by atoms with Crippen LogP contribution >= 0.6 is 0 Å². The number of amides is 1. The summed E-state index contributed by atoms with van der Waals surface area (Å²) >= 11 is 0. The topological polar surface area (TPSA) is 41.1 Å². The van der Waals surface area contributed by atoms with Crippen LogP contribution in [0, 0.1) is 12.8 Å². The Morgan fingerprint density at radius 1 is 1.16 bits per heavy atom. The largest absolute Gasteiger partial charge is 0.368 e. The summed E-state index contributed by atoms with van der Waals surface area (Å²) in [5, 5.41) is 8.67. The highest BCUT2D eigenvalue weighted by molar-refractivity contribution is 5.82. The summed E-state index contributed by atoms with van der Waals surface area (Å²) in [6, 6.07) is 13.2. The predicted octanol–water partition coefficient (Wildman–Crippen LogP) is 2.20. The maximum absolute atomic E-state index is 11.9. The molecule has 1 atom stereocenters. The average Bonchev–Trinajstić information content (AvgIpc) is 3.47. The van der Waals surface area contributed by atoms with Crippen LogP contribution in [0.25, 0.3) is 23.4 Å². The fourth-order valence-corrected chi connectivity index (χ4v) is 3.33. The van der Waals surface area contributed by atoms with Crippen LogP contribution in [0.3, 0.4) is 0 Å². The van der Waals surface area contributed by atoms with E-state index in [2.05, 4.69) is 67.0 Å². The Hall–Kier alpha value is -2.55. The molecular weight excluding hydrogens is 308 g/mol. The number of carbonyl (C=O) groups is 1. The van der Waals surface area contributed by atoms with Crippen molar-refractivity contribution in [3.8, 4) is 11.1 Å². The van der Waals surface area contributed by atoms with Gasteiger partial charge in [-0.15, -0.1) is 0 Å². The Morgan fingerprint density at radius 2 is 2.00 bits per heavy atom. The molecule has 2 aromatic rings. The highest BCUT2D eigenvalue weighted by Gasteiger charge is 2.30. The molecule has 2 aliphatic rings. The van der Waals surface area contributed by atoms with Gasteiger partial charge in [0.05, 0.1) is 0 Å². The first-order valence-electron chi connectivity index (χ1n) is 9.12. The van der Waals surface area contributed by atoms with Crippen molar-refractivity contribution in [1.82, 2.24) is 10.6 Å². The molecule has 1 fully saturated rings. The third kappa shape index (κ3) is 3.32. The smallest absolute Gasteiger partial charge is 0.224 e. The maximum atomic E-state index is 11.9. The zero-order valence-electron chi connectivity index (χ0n) is 14.8. The maximum Gasteiger partial charge on any atom is 0.224 e. The van der Waals surface area contributed by atoms with Crippen molar-refractivity contribution < 1.29 is 4.79 Å². The first kappa shape index (κ1) is 15.9. The Labute approximate surface area is 148 Å². The van der Waals surface area contributed by atoms with Gasteiger partial charge in [-0.1, -0.05) is 37.3 Å². The van der Waals surface area contributed by atoms with Crippen molar-refractivity contribution in [1.29, 1.82) is 0 Å². The van der Waals surface area contributed by atoms with Gasteiger partial charge in [0.15, 0.2) is 0 Å². The number of benzene rings is 2. The van der Waals surface area contributed by atoms with E-state index in [0.717, 1.165) is 29.7 Å². The van der Waals surface area contributed by atoms with Crippen LogP contribution < -0.4 is 21.1 Å². The van der Waals surface area contributed by atoms with Crippen LogP contribution in [-0.2, 0) is 11.2 Å². The molecule has 25 heavy (non-hydrogen) atoms. The molecule has 1 unspecified atom stereocenters. The first-order valence-corrected chi connectivity index (χ1v) is 9.12. The average molecular weight is 332 g/mol. The van der Waals surface area contributed by atoms with Crippen LogP contribution in [-0.4, -0.2) is 12.1 Å². The molecular formula is C22H24N2O. The van der Waals surface area contributed by atoms with E-state index in [1.807, 2.05) is 6.20 Å². The highest BCUT2D eigenvalue weighted by Crippen LogP contribution is 2.28. The highest BCUT2D eigenvalue weighted by atomic mass is 16.2. The third-order valence-electron chi connectivity index (χ3n) is 5.12. The van der Waals surface area contributed by atoms with Gasteiger partial charge in [-0.3, -0.25) is 4.79 Å². The second kappa shape index (κ2) is 6.40. The van der Waals surface area contributed by atoms with Gasteiger partial charge >= 0.3 is 0 Å². The number of fused-ring (bicyclic) bond motifs is 1. The van der Waals surface area contributed by atoms with Crippen molar-refractivity contribution in [2.45, 2.75) is 39.3 Å². The number of carbonyl (C=O) groups excluding carboxylic acids is 1. The van der Waals surface area contributed by atoms with E-state index in [0.29, 0.717) is 0 Å². The number of hydrogen-bond acceptors (Lipinski definition) is 2. The van der Waals surface area contributed by atoms with Gasteiger partial charge < -0.3 is 10.6 Å². The molecule has 1 aliphatic heterocycles. The first-order chi connectivity index (χ1) is 12.1. The SMILES string of the molecule is CCc1ccc(C)c(-c2ccc3c(c2)=CNC(NC(=O)C2CC2)C=3)c1. The lowest BCUT2D eigenvalue weighted by atomic mass is 9.96. The Balaban J connectivity index is 1.64. The summed E-state index contributed by atoms with van der Waals surface area (Å²) in [6.45, 7) is 4.34. The molecule has 0 radical (unpaired) electrons. The molecule has 1 heterocycles. The van der Waals surface area contributed by atoms with Crippen LogP contribution in [0.4, 0.5) is 0 Å². The standard InChI is InChI=1S/C22H24N2O/c1-3-15-5-4-14(2)20(10-15)18-9-8-17-12-21(23-13-19(17)11-18)24-22(25)16-6-7-16/h4-5,8-13,16,21,23H,3,6-7H2,1-2H3,(H,24,25). The molecule has 1 aliphatic carbocycles. The van der Waals surface area contributed by atoms with E-state index in [9.17, 15) is 4.79 Å². The van der Waals surface area contributed by atoms with E-state index in [4.69, 9.17) is 0 Å². The number of rotatable bonds is 4. The van der Waals surface area contributed by atoms with E-state index in [1.54, 1.807) is 0 Å². The summed E-state index contributed by atoms with van der Waals surface area (Å²) < 4.78 is 0. The predicted molar refractivity (Wildman–Crippen MR) is 102 cm³/mol. The van der Waals surface area contributed by atoms with Gasteiger partial charge in [0.1, 0.15) is 6.17 Å². The van der Waals surface area contributed by atoms with Crippen molar-refractivity contribution in [3.63, 3.8) is 0 Å². The van der Waals surface area contributed by atoms with Crippen LogP contribution in [0.1, 0.15) is 30.9 Å². The van der Waals surface area contributed by atoms with Crippen molar-refractivity contribution in [2.24, 2.45) is 5.92 Å². The quantitative estimate of drug-likeness (QED) is 0.901. The van der Waals surface area contributed by atoms with E-state index < -0.39 is 0 Å². The summed E-state index contributed by atoms with van der Waals surface area (Å²) in [5.41, 5.74) is 5.17. The number of nitrogens with one attached hydrogen (secondary N) is 2. The minimum absolute atomic E-state index is 0.114. The third-order valence-corrected chi connectivity index (χ3v) is 5.12. The van der Waals surface area contributed by atoms with Gasteiger partial charge in [-0.05, 0) is 71.0 Å². The molecule has 3 nitrogen and oxygen atoms in total.